The summed E-state index contributed by atoms with van der Waals surface area (Å²) in [6.07, 6.45) is 0. The standard InChI is InChI=1S/C12H12N2O3S.2C2H6/c15-12-8-6-11(7-9-12)14-18(16)17-13-10-4-2-1-3-5-10;2*1-2/h1-9,13-15H;2*1-2H3. The van der Waals surface area contributed by atoms with E-state index in [-0.39, 0.29) is 5.75 Å². The molecule has 22 heavy (non-hydrogen) atoms. The Bertz CT molecular complexity index is 519. The van der Waals surface area contributed by atoms with Gasteiger partial charge in [0.05, 0.1) is 5.69 Å². The van der Waals surface area contributed by atoms with Crippen LogP contribution in [0.2, 0.25) is 0 Å². The molecule has 0 aromatic heterocycles. The first-order valence-corrected chi connectivity index (χ1v) is 8.27. The van der Waals surface area contributed by atoms with E-state index in [9.17, 15) is 4.21 Å². The first-order valence-electron chi connectivity index (χ1n) is 7.20. The molecule has 6 heteroatoms. The van der Waals surface area contributed by atoms with Crippen molar-refractivity contribution in [2.75, 3.05) is 10.2 Å². The normalized spacial score (nSPS) is 10.2. The van der Waals surface area contributed by atoms with Gasteiger partial charge in [-0.2, -0.15) is 4.28 Å². The molecule has 2 aromatic rings. The average molecular weight is 324 g/mol. The molecule has 0 amide bonds. The first kappa shape index (κ1) is 19.9. The summed E-state index contributed by atoms with van der Waals surface area (Å²) < 4.78 is 19.1. The summed E-state index contributed by atoms with van der Waals surface area (Å²) in [6, 6.07) is 15.3. The minimum atomic E-state index is -1.72. The highest BCUT2D eigenvalue weighted by Gasteiger charge is 2.01. The van der Waals surface area contributed by atoms with Crippen molar-refractivity contribution in [2.45, 2.75) is 27.7 Å². The second kappa shape index (κ2) is 12.7. The molecule has 0 radical (unpaired) electrons. The zero-order valence-corrected chi connectivity index (χ0v) is 14.2. The zero-order valence-electron chi connectivity index (χ0n) is 13.4. The third-order valence-electron chi connectivity index (χ3n) is 2.08. The van der Waals surface area contributed by atoms with Gasteiger partial charge in [-0.3, -0.25) is 4.72 Å². The van der Waals surface area contributed by atoms with Crippen molar-refractivity contribution in [3.05, 3.63) is 54.6 Å². The molecule has 0 aliphatic rings. The third kappa shape index (κ3) is 8.28. The monoisotopic (exact) mass is 324 g/mol. The van der Waals surface area contributed by atoms with Crippen LogP contribution in [0.3, 0.4) is 0 Å². The van der Waals surface area contributed by atoms with Gasteiger partial charge in [-0.1, -0.05) is 45.9 Å². The van der Waals surface area contributed by atoms with Gasteiger partial charge in [-0.25, -0.2) is 9.69 Å². The highest BCUT2D eigenvalue weighted by atomic mass is 32.2. The molecule has 122 valence electrons. The number of aromatic hydroxyl groups is 1. The lowest BCUT2D eigenvalue weighted by Crippen LogP contribution is -2.12. The fraction of sp³-hybridized carbons (Fsp3) is 0.250. The molecule has 1 unspecified atom stereocenters. The number of rotatable bonds is 5. The number of anilines is 2. The molecule has 1 atom stereocenters. The minimum Gasteiger partial charge on any atom is -0.508 e. The van der Waals surface area contributed by atoms with Crippen LogP contribution >= 0.6 is 0 Å². The Morgan fingerprint density at radius 2 is 1.41 bits per heavy atom. The van der Waals surface area contributed by atoms with Crippen LogP contribution in [0.1, 0.15) is 27.7 Å². The second-order valence-electron chi connectivity index (χ2n) is 3.44. The molecule has 0 aliphatic carbocycles. The van der Waals surface area contributed by atoms with Crippen LogP contribution in [-0.2, 0) is 15.6 Å². The Morgan fingerprint density at radius 1 is 0.864 bits per heavy atom. The van der Waals surface area contributed by atoms with Gasteiger partial charge in [0.1, 0.15) is 5.75 Å². The summed E-state index contributed by atoms with van der Waals surface area (Å²) >= 11 is -1.72. The molecular formula is C16H24N2O3S. The van der Waals surface area contributed by atoms with E-state index >= 15 is 0 Å². The number of phenols is 1. The van der Waals surface area contributed by atoms with Crippen molar-refractivity contribution in [2.24, 2.45) is 0 Å². The van der Waals surface area contributed by atoms with Crippen LogP contribution in [0, 0.1) is 0 Å². The van der Waals surface area contributed by atoms with Crippen LogP contribution < -0.4 is 10.2 Å². The molecule has 0 saturated heterocycles. The predicted octanol–water partition coefficient (Wildman–Crippen LogP) is 4.48. The van der Waals surface area contributed by atoms with Crippen molar-refractivity contribution in [3.8, 4) is 5.75 Å². The first-order chi connectivity index (χ1) is 10.7. The fourth-order valence-corrected chi connectivity index (χ4v) is 1.78. The van der Waals surface area contributed by atoms with Crippen LogP contribution in [0.4, 0.5) is 11.4 Å². The van der Waals surface area contributed by atoms with Crippen molar-refractivity contribution >= 4 is 22.6 Å². The predicted molar refractivity (Wildman–Crippen MR) is 93.7 cm³/mol. The second-order valence-corrected chi connectivity index (χ2v) is 4.28. The molecule has 0 heterocycles. The van der Waals surface area contributed by atoms with E-state index in [4.69, 9.17) is 9.39 Å². The van der Waals surface area contributed by atoms with Crippen molar-refractivity contribution in [3.63, 3.8) is 0 Å². The van der Waals surface area contributed by atoms with Gasteiger partial charge in [-0.15, -0.1) is 0 Å². The van der Waals surface area contributed by atoms with Gasteiger partial charge in [0, 0.05) is 5.69 Å². The molecule has 0 saturated carbocycles. The lowest BCUT2D eigenvalue weighted by atomic mass is 10.3. The lowest BCUT2D eigenvalue weighted by molar-refractivity contribution is 0.440. The Kier molecular flexibility index (Phi) is 11.5. The number of hydrogen-bond donors (Lipinski definition) is 3. The molecular weight excluding hydrogens is 300 g/mol. The van der Waals surface area contributed by atoms with Crippen LogP contribution in [0.25, 0.3) is 0 Å². The molecule has 2 rings (SSSR count). The SMILES string of the molecule is CC.CC.O=S(Nc1ccc(O)cc1)ONc1ccccc1. The Labute approximate surface area is 135 Å². The Hall–Kier alpha value is -2.05. The molecule has 5 nitrogen and oxygen atoms in total. The molecule has 0 fully saturated rings. The van der Waals surface area contributed by atoms with Gasteiger partial charge >= 0.3 is 0 Å². The number of phenolic OH excluding ortho intramolecular Hbond substituents is 1. The number of hydrogen-bond acceptors (Lipinski definition) is 4. The maximum atomic E-state index is 11.5. The van der Waals surface area contributed by atoms with Gasteiger partial charge in [0.2, 0.25) is 0 Å². The summed E-state index contributed by atoms with van der Waals surface area (Å²) in [6.45, 7) is 8.00. The zero-order chi connectivity index (χ0) is 16.8. The minimum absolute atomic E-state index is 0.148. The highest BCUT2D eigenvalue weighted by molar-refractivity contribution is 7.81. The van der Waals surface area contributed by atoms with E-state index in [2.05, 4.69) is 10.2 Å². The van der Waals surface area contributed by atoms with E-state index in [0.29, 0.717) is 11.4 Å². The summed E-state index contributed by atoms with van der Waals surface area (Å²) in [5.74, 6) is 0.148. The smallest absolute Gasteiger partial charge is 0.284 e. The molecule has 0 bridgehead atoms. The van der Waals surface area contributed by atoms with E-state index in [1.165, 1.54) is 12.1 Å². The number of benzene rings is 2. The van der Waals surface area contributed by atoms with Gasteiger partial charge < -0.3 is 5.11 Å². The lowest BCUT2D eigenvalue weighted by Gasteiger charge is -2.07. The van der Waals surface area contributed by atoms with E-state index in [1.54, 1.807) is 24.3 Å². The third-order valence-corrected chi connectivity index (χ3v) is 2.71. The molecule has 2 aromatic carbocycles. The molecule has 0 aliphatic heterocycles. The summed E-state index contributed by atoms with van der Waals surface area (Å²) in [7, 11) is 0. The fourth-order valence-electron chi connectivity index (χ4n) is 1.24. The number of nitrogens with one attached hydrogen (secondary N) is 2. The van der Waals surface area contributed by atoms with Crippen molar-refractivity contribution < 1.29 is 13.6 Å². The van der Waals surface area contributed by atoms with Crippen molar-refractivity contribution in [1.82, 2.24) is 0 Å². The van der Waals surface area contributed by atoms with Gasteiger partial charge in [0.25, 0.3) is 11.3 Å². The van der Waals surface area contributed by atoms with Crippen LogP contribution in [0.15, 0.2) is 54.6 Å². The maximum Gasteiger partial charge on any atom is 0.284 e. The van der Waals surface area contributed by atoms with Crippen molar-refractivity contribution in [1.29, 1.82) is 0 Å². The molecule has 0 spiro atoms. The van der Waals surface area contributed by atoms with E-state index < -0.39 is 11.3 Å². The quantitative estimate of drug-likeness (QED) is 0.560. The maximum absolute atomic E-state index is 11.5. The summed E-state index contributed by atoms with van der Waals surface area (Å²) in [5.41, 5.74) is 3.86. The van der Waals surface area contributed by atoms with Gasteiger partial charge in [0.15, 0.2) is 0 Å². The van der Waals surface area contributed by atoms with Gasteiger partial charge in [-0.05, 0) is 36.4 Å². The van der Waals surface area contributed by atoms with E-state index in [0.717, 1.165) is 0 Å². The molecule has 3 N–H and O–H groups in total. The summed E-state index contributed by atoms with van der Waals surface area (Å²) in [5, 5.41) is 9.10. The largest absolute Gasteiger partial charge is 0.508 e. The van der Waals surface area contributed by atoms with Crippen LogP contribution in [-0.4, -0.2) is 9.32 Å². The van der Waals surface area contributed by atoms with E-state index in [1.807, 2.05) is 45.9 Å². The summed E-state index contributed by atoms with van der Waals surface area (Å²) in [4.78, 5) is 0. The Balaban J connectivity index is 0.00000102. The topological polar surface area (TPSA) is 70.6 Å². The van der Waals surface area contributed by atoms with Crippen LogP contribution in [0.5, 0.6) is 5.75 Å². The highest BCUT2D eigenvalue weighted by Crippen LogP contribution is 2.14. The average Bonchev–Trinajstić information content (AvgIpc) is 2.60. The number of para-hydroxylation sites is 1. The Morgan fingerprint density at radius 3 is 1.95 bits per heavy atom.